The van der Waals surface area contributed by atoms with E-state index in [2.05, 4.69) is 9.83 Å². The molecule has 0 saturated carbocycles. The van der Waals surface area contributed by atoms with Gasteiger partial charge in [-0.2, -0.15) is 0 Å². The lowest BCUT2D eigenvalue weighted by atomic mass is 10.1. The number of halogens is 1. The second kappa shape index (κ2) is 4.65. The zero-order chi connectivity index (χ0) is 11.5. The molecule has 16 heavy (non-hydrogen) atoms. The highest BCUT2D eigenvalue weighted by molar-refractivity contribution is 7.12. The molecule has 0 N–H and O–H groups in total. The van der Waals surface area contributed by atoms with Gasteiger partial charge in [0.2, 0.25) is 0 Å². The van der Waals surface area contributed by atoms with Crippen LogP contribution in [0.2, 0.25) is 5.02 Å². The molecular weight excluding hydrogens is 240 g/mol. The fraction of sp³-hybridized carbons (Fsp3) is 0.167. The van der Waals surface area contributed by atoms with E-state index in [4.69, 9.17) is 18.2 Å². The van der Waals surface area contributed by atoms with Gasteiger partial charge in [-0.15, -0.1) is 11.3 Å². The molecule has 2 rings (SSSR count). The van der Waals surface area contributed by atoms with Gasteiger partial charge >= 0.3 is 0 Å². The summed E-state index contributed by atoms with van der Waals surface area (Å²) < 4.78 is 0. The lowest BCUT2D eigenvalue weighted by molar-refractivity contribution is 1.18. The van der Waals surface area contributed by atoms with Crippen molar-refractivity contribution in [3.63, 3.8) is 0 Å². The third-order valence-electron chi connectivity index (χ3n) is 2.17. The molecule has 0 spiro atoms. The summed E-state index contributed by atoms with van der Waals surface area (Å²) in [5.74, 6) is 0. The van der Waals surface area contributed by atoms with Gasteiger partial charge in [-0.05, 0) is 19.1 Å². The first-order chi connectivity index (χ1) is 7.70. The van der Waals surface area contributed by atoms with Gasteiger partial charge in [0.1, 0.15) is 0 Å². The highest BCUT2D eigenvalue weighted by Crippen LogP contribution is 2.28. The molecule has 0 aliphatic heterocycles. The van der Waals surface area contributed by atoms with Crippen molar-refractivity contribution < 1.29 is 0 Å². The van der Waals surface area contributed by atoms with Gasteiger partial charge in [-0.3, -0.25) is 0 Å². The molecule has 4 heteroatoms. The summed E-state index contributed by atoms with van der Waals surface area (Å²) in [4.78, 5) is 8.95. The second-order valence-corrected chi connectivity index (χ2v) is 5.06. The van der Waals surface area contributed by atoms with Gasteiger partial charge in [-0.25, -0.2) is 11.6 Å². The molecule has 2 aromatic rings. The van der Waals surface area contributed by atoms with Crippen molar-refractivity contribution in [2.45, 2.75) is 13.5 Å². The summed E-state index contributed by atoms with van der Waals surface area (Å²) in [5.41, 5.74) is 2.01. The highest BCUT2D eigenvalue weighted by Gasteiger charge is 2.10. The van der Waals surface area contributed by atoms with Crippen LogP contribution in [0.25, 0.3) is 16.1 Å². The van der Waals surface area contributed by atoms with Crippen LogP contribution in [0.1, 0.15) is 9.88 Å². The van der Waals surface area contributed by atoms with Crippen molar-refractivity contribution in [3.05, 3.63) is 50.6 Å². The SMILES string of the molecule is [C-]#[N+]Cc1nc(-c2ccc(Cl)cc2)c(C)s1. The zero-order valence-corrected chi connectivity index (χ0v) is 10.3. The molecule has 0 aliphatic carbocycles. The van der Waals surface area contributed by atoms with Crippen LogP contribution in [-0.4, -0.2) is 4.98 Å². The summed E-state index contributed by atoms with van der Waals surface area (Å²) in [6.07, 6.45) is 0. The minimum Gasteiger partial charge on any atom is -0.309 e. The molecule has 0 amide bonds. The van der Waals surface area contributed by atoms with Crippen molar-refractivity contribution in [1.82, 2.24) is 4.98 Å². The molecule has 80 valence electrons. The summed E-state index contributed by atoms with van der Waals surface area (Å²) in [6.45, 7) is 9.21. The third-order valence-corrected chi connectivity index (χ3v) is 3.38. The number of rotatable bonds is 2. The molecule has 0 saturated heterocycles. The topological polar surface area (TPSA) is 17.2 Å². The van der Waals surface area contributed by atoms with E-state index in [0.717, 1.165) is 26.2 Å². The first-order valence-electron chi connectivity index (χ1n) is 4.76. The lowest BCUT2D eigenvalue weighted by Crippen LogP contribution is -1.81. The number of nitrogens with zero attached hydrogens (tertiary/aromatic N) is 2. The number of benzene rings is 1. The number of aryl methyl sites for hydroxylation is 1. The first-order valence-corrected chi connectivity index (χ1v) is 5.95. The van der Waals surface area contributed by atoms with Gasteiger partial charge in [0, 0.05) is 15.5 Å². The van der Waals surface area contributed by atoms with Gasteiger partial charge in [-0.1, -0.05) is 23.7 Å². The standard InChI is InChI=1S/C12H9ClN2S/c1-8-12(15-11(16-8)7-14-2)9-3-5-10(13)6-4-9/h3-6H,7H2,1H3. The molecular formula is C12H9ClN2S. The normalized spacial score (nSPS) is 10.1. The van der Waals surface area contributed by atoms with E-state index >= 15 is 0 Å². The second-order valence-electron chi connectivity index (χ2n) is 3.34. The van der Waals surface area contributed by atoms with E-state index in [1.165, 1.54) is 0 Å². The van der Waals surface area contributed by atoms with Gasteiger partial charge in [0.15, 0.2) is 5.01 Å². The fourth-order valence-corrected chi connectivity index (χ4v) is 2.47. The van der Waals surface area contributed by atoms with Gasteiger partial charge in [0.05, 0.1) is 5.69 Å². The van der Waals surface area contributed by atoms with Crippen LogP contribution < -0.4 is 0 Å². The Morgan fingerprint density at radius 3 is 2.69 bits per heavy atom. The van der Waals surface area contributed by atoms with Crippen LogP contribution in [-0.2, 0) is 6.54 Å². The summed E-state index contributed by atoms with van der Waals surface area (Å²) >= 11 is 7.42. The van der Waals surface area contributed by atoms with E-state index < -0.39 is 0 Å². The lowest BCUT2D eigenvalue weighted by Gasteiger charge is -1.97. The van der Waals surface area contributed by atoms with E-state index in [1.54, 1.807) is 11.3 Å². The number of aromatic nitrogens is 1. The third kappa shape index (κ3) is 2.24. The Morgan fingerprint density at radius 1 is 1.38 bits per heavy atom. The van der Waals surface area contributed by atoms with E-state index in [9.17, 15) is 0 Å². The summed E-state index contributed by atoms with van der Waals surface area (Å²) in [6, 6.07) is 7.60. The predicted molar refractivity (Wildman–Crippen MR) is 67.6 cm³/mol. The van der Waals surface area contributed by atoms with E-state index in [-0.39, 0.29) is 0 Å². The number of hydrogen-bond donors (Lipinski definition) is 0. The molecule has 0 aliphatic rings. The van der Waals surface area contributed by atoms with E-state index in [0.29, 0.717) is 6.54 Å². The Morgan fingerprint density at radius 2 is 2.06 bits per heavy atom. The minimum absolute atomic E-state index is 0.360. The molecule has 1 aromatic carbocycles. The minimum atomic E-state index is 0.360. The summed E-state index contributed by atoms with van der Waals surface area (Å²) in [7, 11) is 0. The van der Waals surface area contributed by atoms with Crippen LogP contribution >= 0.6 is 22.9 Å². The molecule has 2 nitrogen and oxygen atoms in total. The van der Waals surface area contributed by atoms with E-state index in [1.807, 2.05) is 31.2 Å². The summed E-state index contributed by atoms with van der Waals surface area (Å²) in [5, 5.41) is 1.59. The highest BCUT2D eigenvalue weighted by atomic mass is 35.5. The van der Waals surface area contributed by atoms with Crippen LogP contribution in [0.5, 0.6) is 0 Å². The quantitative estimate of drug-likeness (QED) is 0.729. The Balaban J connectivity index is 2.40. The maximum absolute atomic E-state index is 6.83. The Kier molecular flexibility index (Phi) is 3.23. The number of hydrogen-bond acceptors (Lipinski definition) is 2. The Labute approximate surface area is 103 Å². The average molecular weight is 249 g/mol. The van der Waals surface area contributed by atoms with Crippen molar-refractivity contribution in [2.24, 2.45) is 0 Å². The van der Waals surface area contributed by atoms with Crippen LogP contribution in [0, 0.1) is 13.5 Å². The molecule has 1 aromatic heterocycles. The van der Waals surface area contributed by atoms with Crippen molar-refractivity contribution >= 4 is 22.9 Å². The molecule has 0 fully saturated rings. The maximum atomic E-state index is 6.83. The molecule has 0 radical (unpaired) electrons. The maximum Gasteiger partial charge on any atom is 0.265 e. The Bertz CT molecular complexity index is 537. The molecule has 0 atom stereocenters. The first kappa shape index (κ1) is 11.1. The van der Waals surface area contributed by atoms with Crippen LogP contribution in [0.15, 0.2) is 24.3 Å². The average Bonchev–Trinajstić information content (AvgIpc) is 2.61. The smallest absolute Gasteiger partial charge is 0.265 e. The number of thiazole rings is 1. The van der Waals surface area contributed by atoms with Crippen molar-refractivity contribution in [1.29, 1.82) is 0 Å². The van der Waals surface area contributed by atoms with Gasteiger partial charge < -0.3 is 4.85 Å². The molecule has 0 unspecified atom stereocenters. The Hall–Kier alpha value is -1.37. The molecule has 0 bridgehead atoms. The zero-order valence-electron chi connectivity index (χ0n) is 8.70. The molecule has 1 heterocycles. The van der Waals surface area contributed by atoms with Crippen molar-refractivity contribution in [3.8, 4) is 11.3 Å². The largest absolute Gasteiger partial charge is 0.309 e. The predicted octanol–water partition coefficient (Wildman–Crippen LogP) is 4.19. The fourth-order valence-electron chi connectivity index (χ4n) is 1.46. The van der Waals surface area contributed by atoms with Crippen LogP contribution in [0.3, 0.4) is 0 Å². The van der Waals surface area contributed by atoms with Gasteiger partial charge in [0.25, 0.3) is 6.54 Å². The van der Waals surface area contributed by atoms with Crippen molar-refractivity contribution in [2.75, 3.05) is 0 Å². The van der Waals surface area contributed by atoms with Crippen LogP contribution in [0.4, 0.5) is 0 Å². The monoisotopic (exact) mass is 248 g/mol.